The lowest BCUT2D eigenvalue weighted by Gasteiger charge is -2.40. The smallest absolute Gasteiger partial charge is 0.171 e. The first-order valence-corrected chi connectivity index (χ1v) is 5.60. The summed E-state index contributed by atoms with van der Waals surface area (Å²) in [4.78, 5) is 11.9. The number of carbonyl (C=O) groups is 1. The second kappa shape index (κ2) is 4.53. The van der Waals surface area contributed by atoms with Crippen LogP contribution in [0.4, 0.5) is 8.78 Å². The summed E-state index contributed by atoms with van der Waals surface area (Å²) in [5.74, 6) is -2.14. The Labute approximate surface area is 98.6 Å². The molecule has 1 saturated carbocycles. The van der Waals surface area contributed by atoms with Gasteiger partial charge in [0.15, 0.2) is 5.78 Å². The molecule has 0 aromatic heterocycles. The van der Waals surface area contributed by atoms with E-state index in [1.165, 1.54) is 13.2 Å². The molecular formula is C13H14F2O2. The molecule has 1 aromatic rings. The summed E-state index contributed by atoms with van der Waals surface area (Å²) >= 11 is 0. The number of rotatable bonds is 4. The van der Waals surface area contributed by atoms with Crippen molar-refractivity contribution < 1.29 is 18.3 Å². The zero-order chi connectivity index (χ0) is 12.5. The second-order valence-corrected chi connectivity index (χ2v) is 4.44. The molecule has 0 radical (unpaired) electrons. The highest BCUT2D eigenvalue weighted by Gasteiger charge is 2.40. The van der Waals surface area contributed by atoms with Crippen molar-refractivity contribution in [2.45, 2.75) is 31.3 Å². The Morgan fingerprint density at radius 2 is 1.94 bits per heavy atom. The van der Waals surface area contributed by atoms with Gasteiger partial charge in [0.2, 0.25) is 0 Å². The van der Waals surface area contributed by atoms with Crippen LogP contribution < -0.4 is 0 Å². The van der Waals surface area contributed by atoms with Gasteiger partial charge in [-0.25, -0.2) is 8.78 Å². The zero-order valence-corrected chi connectivity index (χ0v) is 9.63. The molecule has 2 nitrogen and oxygen atoms in total. The van der Waals surface area contributed by atoms with E-state index in [4.69, 9.17) is 4.74 Å². The first-order chi connectivity index (χ1) is 8.08. The van der Waals surface area contributed by atoms with Crippen LogP contribution in [-0.2, 0) is 4.74 Å². The van der Waals surface area contributed by atoms with E-state index in [2.05, 4.69) is 0 Å². The van der Waals surface area contributed by atoms with E-state index in [9.17, 15) is 13.6 Å². The fourth-order valence-electron chi connectivity index (χ4n) is 2.17. The third-order valence-corrected chi connectivity index (χ3v) is 3.42. The van der Waals surface area contributed by atoms with Crippen LogP contribution >= 0.6 is 0 Å². The maximum absolute atomic E-state index is 13.4. The number of methoxy groups -OCH3 is 1. The molecule has 1 aliphatic carbocycles. The topological polar surface area (TPSA) is 26.3 Å². The van der Waals surface area contributed by atoms with Crippen molar-refractivity contribution in [3.05, 3.63) is 35.4 Å². The third kappa shape index (κ3) is 2.22. The fourth-order valence-corrected chi connectivity index (χ4v) is 2.17. The highest BCUT2D eigenvalue weighted by atomic mass is 19.1. The summed E-state index contributed by atoms with van der Waals surface area (Å²) in [5, 5.41) is 0. The predicted octanol–water partition coefficient (Wildman–Crippen LogP) is 3.11. The molecule has 92 valence electrons. The Morgan fingerprint density at radius 1 is 1.35 bits per heavy atom. The minimum atomic E-state index is -0.805. The number of carbonyl (C=O) groups excluding carboxylic acids is 1. The SMILES string of the molecule is COC1(CC(=O)c2c(F)cccc2F)CCC1. The number of Topliss-reactive ketones (excluding diaryl/α,β-unsaturated/α-hetero) is 1. The molecule has 2 rings (SSSR count). The minimum absolute atomic E-state index is 0.0430. The van der Waals surface area contributed by atoms with Gasteiger partial charge in [0, 0.05) is 13.5 Å². The van der Waals surface area contributed by atoms with E-state index in [0.717, 1.165) is 31.4 Å². The van der Waals surface area contributed by atoms with Crippen LogP contribution in [0.2, 0.25) is 0 Å². The molecule has 0 saturated heterocycles. The monoisotopic (exact) mass is 240 g/mol. The number of hydrogen-bond acceptors (Lipinski definition) is 2. The van der Waals surface area contributed by atoms with Gasteiger partial charge in [0.05, 0.1) is 11.2 Å². The van der Waals surface area contributed by atoms with Gasteiger partial charge >= 0.3 is 0 Å². The Hall–Kier alpha value is -1.29. The van der Waals surface area contributed by atoms with Gasteiger partial charge < -0.3 is 4.74 Å². The van der Waals surface area contributed by atoms with Crippen molar-refractivity contribution in [3.63, 3.8) is 0 Å². The molecule has 0 spiro atoms. The first kappa shape index (κ1) is 12.2. The lowest BCUT2D eigenvalue weighted by atomic mass is 9.75. The van der Waals surface area contributed by atoms with Gasteiger partial charge in [-0.3, -0.25) is 4.79 Å². The second-order valence-electron chi connectivity index (χ2n) is 4.44. The number of ketones is 1. The largest absolute Gasteiger partial charge is 0.378 e. The molecule has 17 heavy (non-hydrogen) atoms. The van der Waals surface area contributed by atoms with E-state index in [-0.39, 0.29) is 6.42 Å². The van der Waals surface area contributed by atoms with Crippen molar-refractivity contribution in [1.29, 1.82) is 0 Å². The van der Waals surface area contributed by atoms with Crippen molar-refractivity contribution in [1.82, 2.24) is 0 Å². The average molecular weight is 240 g/mol. The van der Waals surface area contributed by atoms with Gasteiger partial charge in [0.25, 0.3) is 0 Å². The van der Waals surface area contributed by atoms with Crippen LogP contribution in [0.25, 0.3) is 0 Å². The summed E-state index contributed by atoms with van der Waals surface area (Å²) in [5.41, 5.74) is -0.956. The highest BCUT2D eigenvalue weighted by molar-refractivity contribution is 5.97. The van der Waals surface area contributed by atoms with Crippen LogP contribution in [0.5, 0.6) is 0 Å². The van der Waals surface area contributed by atoms with Crippen molar-refractivity contribution in [2.75, 3.05) is 7.11 Å². The van der Waals surface area contributed by atoms with Crippen LogP contribution in [0, 0.1) is 11.6 Å². The lowest BCUT2D eigenvalue weighted by molar-refractivity contribution is -0.0705. The molecule has 4 heteroatoms. The fraction of sp³-hybridized carbons (Fsp3) is 0.462. The molecule has 0 heterocycles. The molecule has 0 bridgehead atoms. The van der Waals surface area contributed by atoms with Crippen molar-refractivity contribution in [3.8, 4) is 0 Å². The van der Waals surface area contributed by atoms with Crippen LogP contribution in [-0.4, -0.2) is 18.5 Å². The van der Waals surface area contributed by atoms with Crippen LogP contribution in [0.1, 0.15) is 36.0 Å². The number of hydrogen-bond donors (Lipinski definition) is 0. The number of benzene rings is 1. The van der Waals surface area contributed by atoms with E-state index < -0.39 is 28.6 Å². The van der Waals surface area contributed by atoms with Gasteiger partial charge in [-0.05, 0) is 31.4 Å². The summed E-state index contributed by atoms with van der Waals surface area (Å²) in [6, 6.07) is 3.43. The van der Waals surface area contributed by atoms with Gasteiger partial charge in [0.1, 0.15) is 11.6 Å². The predicted molar refractivity (Wildman–Crippen MR) is 58.9 cm³/mol. The quantitative estimate of drug-likeness (QED) is 0.756. The summed E-state index contributed by atoms with van der Waals surface area (Å²) < 4.78 is 32.1. The Kier molecular flexibility index (Phi) is 3.24. The minimum Gasteiger partial charge on any atom is -0.378 e. The number of halogens is 2. The Morgan fingerprint density at radius 3 is 2.35 bits per heavy atom. The molecule has 1 aliphatic rings. The molecular weight excluding hydrogens is 226 g/mol. The Balaban J connectivity index is 2.20. The van der Waals surface area contributed by atoms with Crippen molar-refractivity contribution in [2.24, 2.45) is 0 Å². The van der Waals surface area contributed by atoms with E-state index in [1.54, 1.807) is 0 Å². The van der Waals surface area contributed by atoms with Gasteiger partial charge in [-0.2, -0.15) is 0 Å². The summed E-state index contributed by atoms with van der Waals surface area (Å²) in [6.45, 7) is 0. The lowest BCUT2D eigenvalue weighted by Crippen LogP contribution is -2.41. The van der Waals surface area contributed by atoms with Crippen LogP contribution in [0.3, 0.4) is 0 Å². The third-order valence-electron chi connectivity index (χ3n) is 3.42. The van der Waals surface area contributed by atoms with Crippen molar-refractivity contribution >= 4 is 5.78 Å². The molecule has 1 aromatic carbocycles. The Bertz CT molecular complexity index is 413. The van der Waals surface area contributed by atoms with Gasteiger partial charge in [-0.15, -0.1) is 0 Å². The standard InChI is InChI=1S/C13H14F2O2/c1-17-13(6-3-7-13)8-11(16)12-9(14)4-2-5-10(12)15/h2,4-5H,3,6-8H2,1H3. The van der Waals surface area contributed by atoms with E-state index in [0.29, 0.717) is 0 Å². The maximum atomic E-state index is 13.4. The normalized spacial score (nSPS) is 17.6. The maximum Gasteiger partial charge on any atom is 0.171 e. The summed E-state index contributed by atoms with van der Waals surface area (Å²) in [6.07, 6.45) is 2.57. The van der Waals surface area contributed by atoms with Crippen LogP contribution in [0.15, 0.2) is 18.2 Å². The average Bonchev–Trinajstić information content (AvgIpc) is 2.23. The molecule has 0 atom stereocenters. The zero-order valence-electron chi connectivity index (χ0n) is 9.63. The molecule has 0 unspecified atom stereocenters. The summed E-state index contributed by atoms with van der Waals surface area (Å²) in [7, 11) is 1.53. The molecule has 0 amide bonds. The molecule has 1 fully saturated rings. The van der Waals surface area contributed by atoms with E-state index >= 15 is 0 Å². The number of ether oxygens (including phenoxy) is 1. The van der Waals surface area contributed by atoms with E-state index in [1.807, 2.05) is 0 Å². The van der Waals surface area contributed by atoms with Gasteiger partial charge in [-0.1, -0.05) is 6.07 Å². The highest BCUT2D eigenvalue weighted by Crippen LogP contribution is 2.39. The molecule has 0 aliphatic heterocycles. The molecule has 0 N–H and O–H groups in total. The first-order valence-electron chi connectivity index (χ1n) is 5.60.